The van der Waals surface area contributed by atoms with Gasteiger partial charge in [0, 0.05) is 17.8 Å². The van der Waals surface area contributed by atoms with Gasteiger partial charge in [-0.15, -0.1) is 0 Å². The smallest absolute Gasteiger partial charge is 0.275 e. The molecular weight excluding hydrogens is 370 g/mol. The molecule has 0 saturated carbocycles. The number of carbonyl (C=O) groups excluding carboxylic acids is 1. The van der Waals surface area contributed by atoms with E-state index < -0.39 is 17.5 Å². The SMILES string of the molecule is O=C(Nc1ccc2c(c1)OCCO2)c1cnc(Nc2ccc(F)cc2F)cn1. The maximum atomic E-state index is 13.7. The lowest BCUT2D eigenvalue weighted by molar-refractivity contribution is 0.102. The zero-order valence-electron chi connectivity index (χ0n) is 14.4. The topological polar surface area (TPSA) is 85.4 Å². The number of carbonyl (C=O) groups is 1. The van der Waals surface area contributed by atoms with Crippen LogP contribution in [0.25, 0.3) is 0 Å². The molecule has 28 heavy (non-hydrogen) atoms. The van der Waals surface area contributed by atoms with Crippen LogP contribution in [-0.4, -0.2) is 29.1 Å². The van der Waals surface area contributed by atoms with E-state index >= 15 is 0 Å². The molecule has 2 N–H and O–H groups in total. The van der Waals surface area contributed by atoms with Crippen LogP contribution in [0.1, 0.15) is 10.5 Å². The molecule has 1 aliphatic rings. The van der Waals surface area contributed by atoms with Gasteiger partial charge >= 0.3 is 0 Å². The number of rotatable bonds is 4. The molecule has 1 amide bonds. The second-order valence-electron chi connectivity index (χ2n) is 5.85. The number of benzene rings is 2. The van der Waals surface area contributed by atoms with Gasteiger partial charge in [0.25, 0.3) is 5.91 Å². The summed E-state index contributed by atoms with van der Waals surface area (Å²) in [5.74, 6) is -0.531. The minimum atomic E-state index is -0.762. The largest absolute Gasteiger partial charge is 0.486 e. The first-order valence-electron chi connectivity index (χ1n) is 8.33. The molecule has 1 aliphatic heterocycles. The molecule has 0 aliphatic carbocycles. The summed E-state index contributed by atoms with van der Waals surface area (Å²) >= 11 is 0. The fourth-order valence-electron chi connectivity index (χ4n) is 2.55. The first-order chi connectivity index (χ1) is 13.6. The highest BCUT2D eigenvalue weighted by Crippen LogP contribution is 2.32. The van der Waals surface area contributed by atoms with E-state index in [0.717, 1.165) is 12.1 Å². The van der Waals surface area contributed by atoms with Crippen LogP contribution < -0.4 is 20.1 Å². The van der Waals surface area contributed by atoms with Crippen molar-refractivity contribution in [2.45, 2.75) is 0 Å². The highest BCUT2D eigenvalue weighted by Gasteiger charge is 2.14. The van der Waals surface area contributed by atoms with E-state index in [4.69, 9.17) is 9.47 Å². The van der Waals surface area contributed by atoms with Crippen molar-refractivity contribution in [3.05, 3.63) is 66.1 Å². The molecule has 1 aromatic heterocycles. The molecule has 3 aromatic rings. The Balaban J connectivity index is 1.44. The molecule has 7 nitrogen and oxygen atoms in total. The van der Waals surface area contributed by atoms with Crippen LogP contribution in [0, 0.1) is 11.6 Å². The molecule has 0 saturated heterocycles. The summed E-state index contributed by atoms with van der Waals surface area (Å²) in [6.45, 7) is 0.926. The summed E-state index contributed by atoms with van der Waals surface area (Å²) < 4.78 is 37.5. The monoisotopic (exact) mass is 384 g/mol. The number of nitrogens with one attached hydrogen (secondary N) is 2. The van der Waals surface area contributed by atoms with E-state index in [-0.39, 0.29) is 17.2 Å². The van der Waals surface area contributed by atoms with Gasteiger partial charge in [0.15, 0.2) is 11.5 Å². The molecule has 0 unspecified atom stereocenters. The Bertz CT molecular complexity index is 1030. The Kier molecular flexibility index (Phi) is 4.71. The summed E-state index contributed by atoms with van der Waals surface area (Å²) in [5, 5.41) is 5.37. The lowest BCUT2D eigenvalue weighted by atomic mass is 10.2. The fourth-order valence-corrected chi connectivity index (χ4v) is 2.55. The third-order valence-corrected chi connectivity index (χ3v) is 3.88. The Hall–Kier alpha value is -3.75. The van der Waals surface area contributed by atoms with Gasteiger partial charge in [0.2, 0.25) is 0 Å². The van der Waals surface area contributed by atoms with Gasteiger partial charge in [-0.05, 0) is 24.3 Å². The average Bonchev–Trinajstić information content (AvgIpc) is 2.70. The molecule has 2 heterocycles. The second kappa shape index (κ2) is 7.47. The van der Waals surface area contributed by atoms with Gasteiger partial charge in [0.1, 0.15) is 36.4 Å². The minimum Gasteiger partial charge on any atom is -0.486 e. The minimum absolute atomic E-state index is 0.0455. The first kappa shape index (κ1) is 17.7. The van der Waals surface area contributed by atoms with Crippen LogP contribution in [-0.2, 0) is 0 Å². The Labute approximate surface area is 158 Å². The standard InChI is InChI=1S/C19H14F2N4O3/c20-11-1-3-14(13(21)7-11)25-18-10-22-15(9-23-18)19(26)24-12-2-4-16-17(8-12)28-6-5-27-16/h1-4,7-10H,5-6H2,(H,23,25)(H,24,26). The first-order valence-corrected chi connectivity index (χ1v) is 8.33. The van der Waals surface area contributed by atoms with E-state index in [0.29, 0.717) is 30.4 Å². The quantitative estimate of drug-likeness (QED) is 0.716. The Morgan fingerprint density at radius 1 is 0.964 bits per heavy atom. The van der Waals surface area contributed by atoms with Crippen molar-refractivity contribution >= 4 is 23.1 Å². The molecule has 0 fully saturated rings. The zero-order chi connectivity index (χ0) is 19.5. The third kappa shape index (κ3) is 3.83. The lowest BCUT2D eigenvalue weighted by Crippen LogP contribution is -2.17. The van der Waals surface area contributed by atoms with Crippen LogP contribution in [0.3, 0.4) is 0 Å². The van der Waals surface area contributed by atoms with Crippen LogP contribution in [0.5, 0.6) is 11.5 Å². The maximum Gasteiger partial charge on any atom is 0.275 e. The normalized spacial score (nSPS) is 12.4. The number of anilines is 3. The summed E-state index contributed by atoms with van der Waals surface area (Å²) in [7, 11) is 0. The number of halogens is 2. The van der Waals surface area contributed by atoms with Crippen molar-refractivity contribution < 1.29 is 23.0 Å². The Morgan fingerprint density at radius 2 is 1.79 bits per heavy atom. The van der Waals surface area contributed by atoms with Crippen molar-refractivity contribution in [2.24, 2.45) is 0 Å². The van der Waals surface area contributed by atoms with Gasteiger partial charge in [-0.2, -0.15) is 0 Å². The highest BCUT2D eigenvalue weighted by molar-refractivity contribution is 6.02. The molecule has 142 valence electrons. The van der Waals surface area contributed by atoms with Crippen molar-refractivity contribution in [2.75, 3.05) is 23.8 Å². The van der Waals surface area contributed by atoms with Gasteiger partial charge in [-0.3, -0.25) is 4.79 Å². The van der Waals surface area contributed by atoms with Crippen molar-refractivity contribution in [1.82, 2.24) is 9.97 Å². The van der Waals surface area contributed by atoms with E-state index in [1.54, 1.807) is 18.2 Å². The molecule has 0 bridgehead atoms. The van der Waals surface area contributed by atoms with Gasteiger partial charge < -0.3 is 20.1 Å². The molecule has 9 heteroatoms. The van der Waals surface area contributed by atoms with Crippen molar-refractivity contribution in [3.8, 4) is 11.5 Å². The number of nitrogens with zero attached hydrogens (tertiary/aromatic N) is 2. The number of hydrogen-bond acceptors (Lipinski definition) is 6. The molecule has 4 rings (SSSR count). The number of hydrogen-bond donors (Lipinski definition) is 2. The third-order valence-electron chi connectivity index (χ3n) is 3.88. The van der Waals surface area contributed by atoms with Gasteiger partial charge in [-0.25, -0.2) is 18.7 Å². The van der Waals surface area contributed by atoms with Crippen LogP contribution in [0.15, 0.2) is 48.8 Å². The number of aromatic nitrogens is 2. The Morgan fingerprint density at radius 3 is 2.54 bits per heavy atom. The van der Waals surface area contributed by atoms with Crippen molar-refractivity contribution in [1.29, 1.82) is 0 Å². The second-order valence-corrected chi connectivity index (χ2v) is 5.85. The fraction of sp³-hybridized carbons (Fsp3) is 0.105. The summed E-state index contributed by atoms with van der Waals surface area (Å²) in [6, 6.07) is 8.17. The molecular formula is C19H14F2N4O3. The molecule has 2 aromatic carbocycles. The van der Waals surface area contributed by atoms with Gasteiger partial charge in [-0.1, -0.05) is 0 Å². The molecule has 0 spiro atoms. The highest BCUT2D eigenvalue weighted by atomic mass is 19.1. The predicted molar refractivity (Wildman–Crippen MR) is 97.1 cm³/mol. The van der Waals surface area contributed by atoms with Gasteiger partial charge in [0.05, 0.1) is 18.1 Å². The van der Waals surface area contributed by atoms with Crippen LogP contribution in [0.4, 0.5) is 26.0 Å². The van der Waals surface area contributed by atoms with Crippen LogP contribution >= 0.6 is 0 Å². The van der Waals surface area contributed by atoms with E-state index in [2.05, 4.69) is 20.6 Å². The average molecular weight is 384 g/mol. The summed E-state index contributed by atoms with van der Waals surface area (Å²) in [6.07, 6.45) is 2.53. The number of amides is 1. The number of fused-ring (bicyclic) bond motifs is 1. The maximum absolute atomic E-state index is 13.7. The predicted octanol–water partition coefficient (Wildman–Crippen LogP) is 3.52. The zero-order valence-corrected chi connectivity index (χ0v) is 14.4. The molecule has 0 radical (unpaired) electrons. The lowest BCUT2D eigenvalue weighted by Gasteiger charge is -2.18. The van der Waals surface area contributed by atoms with E-state index in [1.165, 1.54) is 18.5 Å². The van der Waals surface area contributed by atoms with Crippen LogP contribution in [0.2, 0.25) is 0 Å². The van der Waals surface area contributed by atoms with Crippen molar-refractivity contribution in [3.63, 3.8) is 0 Å². The summed E-state index contributed by atoms with van der Waals surface area (Å²) in [4.78, 5) is 20.4. The summed E-state index contributed by atoms with van der Waals surface area (Å²) in [5.41, 5.74) is 0.635. The number of ether oxygens (including phenoxy) is 2. The van der Waals surface area contributed by atoms with E-state index in [1.807, 2.05) is 0 Å². The van der Waals surface area contributed by atoms with E-state index in [9.17, 15) is 13.6 Å². The molecule has 0 atom stereocenters.